The van der Waals surface area contributed by atoms with Crippen LogP contribution in [0.5, 0.6) is 0 Å². The Balaban J connectivity index is 1.95. The topological polar surface area (TPSA) is 85.3 Å². The van der Waals surface area contributed by atoms with Gasteiger partial charge in [0.2, 0.25) is 5.95 Å². The average molecular weight is 289 g/mol. The van der Waals surface area contributed by atoms with E-state index in [2.05, 4.69) is 17.3 Å². The molecule has 0 aromatic carbocycles. The number of aliphatic imine (C=N–C) groups is 1. The molecule has 0 spiro atoms. The van der Waals surface area contributed by atoms with Crippen LogP contribution in [0.4, 0.5) is 11.8 Å². The van der Waals surface area contributed by atoms with Gasteiger partial charge in [-0.1, -0.05) is 26.2 Å². The number of nitrogens with two attached hydrogens (primary N) is 1. The van der Waals surface area contributed by atoms with Crippen molar-refractivity contribution < 1.29 is 0 Å². The highest BCUT2D eigenvalue weighted by atomic mass is 16.1. The van der Waals surface area contributed by atoms with Crippen LogP contribution in [0.3, 0.4) is 0 Å². The Morgan fingerprint density at radius 2 is 2.19 bits per heavy atom. The van der Waals surface area contributed by atoms with Gasteiger partial charge in [-0.05, 0) is 25.2 Å². The summed E-state index contributed by atoms with van der Waals surface area (Å²) in [7, 11) is 0. The molecule has 0 radical (unpaired) electrons. The Morgan fingerprint density at radius 3 is 2.81 bits per heavy atom. The maximum atomic E-state index is 12.2. The van der Waals surface area contributed by atoms with E-state index in [1.54, 1.807) is 0 Å². The zero-order chi connectivity index (χ0) is 14.8. The highest BCUT2D eigenvalue weighted by Crippen LogP contribution is 2.35. The van der Waals surface area contributed by atoms with Gasteiger partial charge in [-0.2, -0.15) is 4.98 Å². The Hall–Kier alpha value is -1.69. The number of hydrogen-bond acceptors (Lipinski definition) is 5. The fourth-order valence-electron chi connectivity index (χ4n) is 3.04. The van der Waals surface area contributed by atoms with Crippen molar-refractivity contribution in [2.24, 2.45) is 16.8 Å². The number of anilines is 1. The molecule has 0 atom stereocenters. The molecule has 21 heavy (non-hydrogen) atoms. The van der Waals surface area contributed by atoms with Crippen LogP contribution in [0.15, 0.2) is 9.79 Å². The van der Waals surface area contributed by atoms with Gasteiger partial charge in [0.25, 0.3) is 5.56 Å². The lowest BCUT2D eigenvalue weighted by molar-refractivity contribution is 0.411. The second-order valence-electron chi connectivity index (χ2n) is 5.95. The second kappa shape index (κ2) is 5.97. The van der Waals surface area contributed by atoms with Crippen molar-refractivity contribution in [2.75, 3.05) is 5.43 Å². The van der Waals surface area contributed by atoms with Crippen LogP contribution in [-0.2, 0) is 13.0 Å². The Kier molecular flexibility index (Phi) is 4.05. The zero-order valence-electron chi connectivity index (χ0n) is 12.6. The van der Waals surface area contributed by atoms with Gasteiger partial charge in [0.05, 0.1) is 5.56 Å². The number of hydrogen-bond donors (Lipinski definition) is 2. The maximum Gasteiger partial charge on any atom is 0.280 e. The molecule has 114 valence electrons. The molecule has 0 unspecified atom stereocenters. The SMILES string of the molecule is CCCCCn1c(NN)nc(=O)c2c1N=C(C1CCC1)C2. The third-order valence-electron chi connectivity index (χ3n) is 4.55. The molecule has 1 fully saturated rings. The normalized spacial score (nSPS) is 17.3. The molecule has 1 saturated carbocycles. The average Bonchev–Trinajstić information content (AvgIpc) is 2.84. The minimum Gasteiger partial charge on any atom is -0.295 e. The molecule has 1 aromatic heterocycles. The summed E-state index contributed by atoms with van der Waals surface area (Å²) in [5.41, 5.74) is 4.26. The summed E-state index contributed by atoms with van der Waals surface area (Å²) < 4.78 is 1.97. The number of rotatable bonds is 6. The van der Waals surface area contributed by atoms with Gasteiger partial charge < -0.3 is 0 Å². The molecule has 0 bridgehead atoms. The molecule has 1 aliphatic heterocycles. The smallest absolute Gasteiger partial charge is 0.280 e. The van der Waals surface area contributed by atoms with Crippen LogP contribution in [0.2, 0.25) is 0 Å². The number of nitrogens with zero attached hydrogens (tertiary/aromatic N) is 3. The first kappa shape index (κ1) is 14.3. The van der Waals surface area contributed by atoms with Crippen molar-refractivity contribution in [2.45, 2.75) is 58.4 Å². The van der Waals surface area contributed by atoms with E-state index in [0.717, 1.165) is 42.9 Å². The number of unbranched alkanes of at least 4 members (excludes halogenated alkanes) is 2. The minimum atomic E-state index is -0.192. The lowest BCUT2D eigenvalue weighted by atomic mass is 9.80. The van der Waals surface area contributed by atoms with Crippen molar-refractivity contribution in [1.82, 2.24) is 9.55 Å². The van der Waals surface area contributed by atoms with Crippen LogP contribution in [0.25, 0.3) is 0 Å². The third-order valence-corrected chi connectivity index (χ3v) is 4.55. The van der Waals surface area contributed by atoms with Gasteiger partial charge in [0.15, 0.2) is 0 Å². The highest BCUT2D eigenvalue weighted by Gasteiger charge is 2.30. The number of nitrogens with one attached hydrogen (secondary N) is 1. The zero-order valence-corrected chi connectivity index (χ0v) is 12.6. The van der Waals surface area contributed by atoms with Crippen molar-refractivity contribution in [1.29, 1.82) is 0 Å². The molecule has 2 heterocycles. The van der Waals surface area contributed by atoms with Crippen LogP contribution in [0.1, 0.15) is 51.0 Å². The molecule has 3 rings (SSSR count). The van der Waals surface area contributed by atoms with Crippen LogP contribution >= 0.6 is 0 Å². The standard InChI is InChI=1S/C15H23N5O/c1-2-3-4-8-20-13-11(14(21)18-15(20)19-16)9-12(17-13)10-6-5-7-10/h10H,2-9,16H2,1H3,(H,18,19,21). The van der Waals surface area contributed by atoms with Crippen LogP contribution in [0, 0.1) is 5.92 Å². The summed E-state index contributed by atoms with van der Waals surface area (Å²) in [6.45, 7) is 2.97. The number of fused-ring (bicyclic) bond motifs is 1. The lowest BCUT2D eigenvalue weighted by Gasteiger charge is -2.25. The number of nitrogen functional groups attached to an aromatic ring is 1. The minimum absolute atomic E-state index is 0.192. The number of hydrazine groups is 1. The van der Waals surface area contributed by atoms with E-state index < -0.39 is 0 Å². The molecule has 1 aliphatic carbocycles. The summed E-state index contributed by atoms with van der Waals surface area (Å²) in [6.07, 6.45) is 7.68. The molecule has 3 N–H and O–H groups in total. The van der Waals surface area contributed by atoms with E-state index >= 15 is 0 Å². The Labute approximate surface area is 124 Å². The summed E-state index contributed by atoms with van der Waals surface area (Å²) >= 11 is 0. The van der Waals surface area contributed by atoms with E-state index in [4.69, 9.17) is 10.8 Å². The predicted molar refractivity (Wildman–Crippen MR) is 84.0 cm³/mol. The van der Waals surface area contributed by atoms with Gasteiger partial charge in [-0.3, -0.25) is 14.8 Å². The summed E-state index contributed by atoms with van der Waals surface area (Å²) in [6, 6.07) is 0. The largest absolute Gasteiger partial charge is 0.295 e. The molecule has 0 saturated heterocycles. The van der Waals surface area contributed by atoms with Crippen molar-refractivity contribution in [3.05, 3.63) is 15.9 Å². The van der Waals surface area contributed by atoms with Gasteiger partial charge in [-0.15, -0.1) is 0 Å². The highest BCUT2D eigenvalue weighted by molar-refractivity contribution is 5.95. The third kappa shape index (κ3) is 2.60. The molecular weight excluding hydrogens is 266 g/mol. The van der Waals surface area contributed by atoms with Crippen molar-refractivity contribution in [3.8, 4) is 0 Å². The molecule has 2 aliphatic rings. The fraction of sp³-hybridized carbons (Fsp3) is 0.667. The van der Waals surface area contributed by atoms with E-state index in [1.165, 1.54) is 19.3 Å². The first-order chi connectivity index (χ1) is 10.2. The molecule has 1 aromatic rings. The predicted octanol–water partition coefficient (Wildman–Crippen LogP) is 2.15. The molecular formula is C15H23N5O. The van der Waals surface area contributed by atoms with Crippen molar-refractivity contribution in [3.63, 3.8) is 0 Å². The Bertz CT molecular complexity index is 615. The fourth-order valence-corrected chi connectivity index (χ4v) is 3.04. The van der Waals surface area contributed by atoms with Gasteiger partial charge in [0.1, 0.15) is 5.82 Å². The van der Waals surface area contributed by atoms with Gasteiger partial charge in [-0.25, -0.2) is 10.8 Å². The summed E-state index contributed by atoms with van der Waals surface area (Å²) in [5.74, 6) is 7.30. The van der Waals surface area contributed by atoms with Crippen LogP contribution in [-0.4, -0.2) is 15.3 Å². The monoisotopic (exact) mass is 289 g/mol. The maximum absolute atomic E-state index is 12.2. The van der Waals surface area contributed by atoms with Crippen molar-refractivity contribution >= 4 is 17.5 Å². The first-order valence-corrected chi connectivity index (χ1v) is 7.92. The van der Waals surface area contributed by atoms with Gasteiger partial charge in [0, 0.05) is 18.7 Å². The van der Waals surface area contributed by atoms with E-state index in [-0.39, 0.29) is 5.56 Å². The summed E-state index contributed by atoms with van der Waals surface area (Å²) in [4.78, 5) is 21.0. The quantitative estimate of drug-likeness (QED) is 0.477. The second-order valence-corrected chi connectivity index (χ2v) is 5.95. The van der Waals surface area contributed by atoms with E-state index in [1.807, 2.05) is 4.57 Å². The lowest BCUT2D eigenvalue weighted by Crippen LogP contribution is -2.25. The summed E-state index contributed by atoms with van der Waals surface area (Å²) in [5, 5.41) is 0. The first-order valence-electron chi connectivity index (χ1n) is 7.92. The molecule has 6 heteroatoms. The molecule has 0 amide bonds. The van der Waals surface area contributed by atoms with Crippen LogP contribution < -0.4 is 16.8 Å². The van der Waals surface area contributed by atoms with E-state index in [9.17, 15) is 4.79 Å². The Morgan fingerprint density at radius 1 is 1.38 bits per heavy atom. The van der Waals surface area contributed by atoms with E-state index in [0.29, 0.717) is 18.3 Å². The number of aromatic nitrogens is 2. The molecule has 6 nitrogen and oxygen atoms in total. The van der Waals surface area contributed by atoms with Gasteiger partial charge >= 0.3 is 0 Å².